The first kappa shape index (κ1) is 20.1. The van der Waals surface area contributed by atoms with Gasteiger partial charge in [-0.1, -0.05) is 32.9 Å². The van der Waals surface area contributed by atoms with E-state index in [1.165, 1.54) is 12.1 Å². The molecular formula is C21H26FNO3. The molecule has 0 aliphatic rings. The van der Waals surface area contributed by atoms with Crippen LogP contribution in [0.4, 0.5) is 4.39 Å². The highest BCUT2D eigenvalue weighted by atomic mass is 19.1. The lowest BCUT2D eigenvalue weighted by Gasteiger charge is -2.25. The number of rotatable bonds is 6. The molecule has 0 fully saturated rings. The predicted molar refractivity (Wildman–Crippen MR) is 100 cm³/mol. The van der Waals surface area contributed by atoms with Crippen molar-refractivity contribution in [1.29, 1.82) is 0 Å². The Morgan fingerprint density at radius 3 is 2.42 bits per heavy atom. The second-order valence-electron chi connectivity index (χ2n) is 7.55. The van der Waals surface area contributed by atoms with E-state index < -0.39 is 11.6 Å². The minimum absolute atomic E-state index is 0.00274. The van der Waals surface area contributed by atoms with Gasteiger partial charge in [0, 0.05) is 29.8 Å². The third-order valence-corrected chi connectivity index (χ3v) is 4.30. The molecule has 0 radical (unpaired) electrons. The third-order valence-electron chi connectivity index (χ3n) is 4.30. The fourth-order valence-electron chi connectivity index (χ4n) is 2.86. The van der Waals surface area contributed by atoms with Gasteiger partial charge >= 0.3 is 0 Å². The molecule has 2 rings (SSSR count). The number of ketones is 1. The molecule has 0 aliphatic heterocycles. The number of halogens is 1. The average molecular weight is 359 g/mol. The topological polar surface area (TPSA) is 60.8 Å². The summed E-state index contributed by atoms with van der Waals surface area (Å²) >= 11 is 0. The minimum Gasteiger partial charge on any atom is -0.507 e. The van der Waals surface area contributed by atoms with E-state index in [0.717, 1.165) is 0 Å². The predicted octanol–water partition coefficient (Wildman–Crippen LogP) is 3.48. The highest BCUT2D eigenvalue weighted by Crippen LogP contribution is 2.35. The molecule has 5 heteroatoms. The molecule has 0 amide bonds. The number of aromatic hydroxyl groups is 1. The number of phenolic OH excluding ortho intramolecular Hbond substituents is 1. The van der Waals surface area contributed by atoms with Crippen molar-refractivity contribution in [2.24, 2.45) is 0 Å². The lowest BCUT2D eigenvalue weighted by molar-refractivity contribution is 0.103. The number of aliphatic hydroxyl groups is 1. The summed E-state index contributed by atoms with van der Waals surface area (Å²) in [6.45, 7) is 6.64. The molecule has 0 atom stereocenters. The summed E-state index contributed by atoms with van der Waals surface area (Å²) in [5.41, 5.74) is 1.16. The lowest BCUT2D eigenvalue weighted by atomic mass is 9.83. The van der Waals surface area contributed by atoms with Crippen molar-refractivity contribution in [2.75, 3.05) is 20.2 Å². The molecule has 0 spiro atoms. The summed E-state index contributed by atoms with van der Waals surface area (Å²) in [5.74, 6) is -0.853. The van der Waals surface area contributed by atoms with E-state index in [1.807, 2.05) is 32.7 Å². The van der Waals surface area contributed by atoms with E-state index in [2.05, 4.69) is 0 Å². The highest BCUT2D eigenvalue weighted by Gasteiger charge is 2.24. The van der Waals surface area contributed by atoms with Crippen LogP contribution in [0.3, 0.4) is 0 Å². The van der Waals surface area contributed by atoms with E-state index in [-0.39, 0.29) is 23.3 Å². The van der Waals surface area contributed by atoms with Crippen molar-refractivity contribution in [2.45, 2.75) is 32.7 Å². The zero-order valence-electron chi connectivity index (χ0n) is 15.7. The molecule has 0 bridgehead atoms. The number of hydrogen-bond acceptors (Lipinski definition) is 4. The number of phenols is 1. The van der Waals surface area contributed by atoms with Crippen molar-refractivity contribution >= 4 is 5.78 Å². The van der Waals surface area contributed by atoms with Gasteiger partial charge in [-0.25, -0.2) is 4.39 Å². The summed E-state index contributed by atoms with van der Waals surface area (Å²) in [7, 11) is 1.82. The molecule has 140 valence electrons. The monoisotopic (exact) mass is 359 g/mol. The Labute approximate surface area is 153 Å². The minimum atomic E-state index is -0.568. The molecule has 0 unspecified atom stereocenters. The SMILES string of the molecule is CN(CCO)Cc1cc(C(=O)c2ccccc2F)cc(C(C)(C)C)c1O. The van der Waals surface area contributed by atoms with Gasteiger partial charge in [0.15, 0.2) is 5.78 Å². The maximum absolute atomic E-state index is 14.0. The number of nitrogens with zero attached hydrogens (tertiary/aromatic N) is 1. The Bertz CT molecular complexity index is 796. The van der Waals surface area contributed by atoms with Crippen molar-refractivity contribution in [3.8, 4) is 5.75 Å². The average Bonchev–Trinajstić information content (AvgIpc) is 2.55. The van der Waals surface area contributed by atoms with E-state index in [9.17, 15) is 14.3 Å². The molecule has 0 aromatic heterocycles. The molecule has 26 heavy (non-hydrogen) atoms. The molecule has 0 heterocycles. The van der Waals surface area contributed by atoms with Gasteiger partial charge < -0.3 is 10.2 Å². The second-order valence-corrected chi connectivity index (χ2v) is 7.55. The van der Waals surface area contributed by atoms with Crippen LogP contribution in [0.2, 0.25) is 0 Å². The molecule has 2 aromatic rings. The van der Waals surface area contributed by atoms with Crippen molar-refractivity contribution in [3.05, 3.63) is 64.5 Å². The van der Waals surface area contributed by atoms with Gasteiger partial charge in [0.25, 0.3) is 0 Å². The number of likely N-dealkylation sites (N-methyl/N-ethyl adjacent to an activating group) is 1. The van der Waals surface area contributed by atoms with Crippen LogP contribution < -0.4 is 0 Å². The standard InChI is InChI=1S/C21H26FNO3/c1-21(2,3)17-12-14(19(25)16-7-5-6-8-18(16)22)11-15(20(17)26)13-23(4)9-10-24/h5-8,11-12,24,26H,9-10,13H2,1-4H3. The van der Waals surface area contributed by atoms with Crippen LogP contribution in [0.25, 0.3) is 0 Å². The van der Waals surface area contributed by atoms with Crippen molar-refractivity contribution < 1.29 is 19.4 Å². The number of aliphatic hydroxyl groups excluding tert-OH is 1. The maximum Gasteiger partial charge on any atom is 0.195 e. The first-order valence-electron chi connectivity index (χ1n) is 8.60. The van der Waals surface area contributed by atoms with Crippen LogP contribution in [0, 0.1) is 5.82 Å². The first-order chi connectivity index (χ1) is 12.1. The van der Waals surface area contributed by atoms with Crippen molar-refractivity contribution in [1.82, 2.24) is 4.90 Å². The van der Waals surface area contributed by atoms with Crippen LogP contribution in [-0.2, 0) is 12.0 Å². The van der Waals surface area contributed by atoms with E-state index >= 15 is 0 Å². The van der Waals surface area contributed by atoms with Crippen molar-refractivity contribution in [3.63, 3.8) is 0 Å². The summed E-state index contributed by atoms with van der Waals surface area (Å²) in [4.78, 5) is 14.7. The van der Waals surface area contributed by atoms with Crippen LogP contribution in [0.5, 0.6) is 5.75 Å². The summed E-state index contributed by atoms with van der Waals surface area (Å²) < 4.78 is 14.0. The second kappa shape index (κ2) is 7.98. The Kier molecular flexibility index (Phi) is 6.16. The lowest BCUT2D eigenvalue weighted by Crippen LogP contribution is -2.23. The molecule has 0 saturated heterocycles. The van der Waals surface area contributed by atoms with Gasteiger partial charge in [-0.2, -0.15) is 0 Å². The number of carbonyl (C=O) groups is 1. The van der Waals surface area contributed by atoms with Crippen LogP contribution in [-0.4, -0.2) is 41.1 Å². The summed E-state index contributed by atoms with van der Waals surface area (Å²) in [5, 5.41) is 19.8. The van der Waals surface area contributed by atoms with Crippen LogP contribution in [0.15, 0.2) is 36.4 Å². The zero-order valence-corrected chi connectivity index (χ0v) is 15.7. The first-order valence-corrected chi connectivity index (χ1v) is 8.60. The summed E-state index contributed by atoms with van der Waals surface area (Å²) in [6.07, 6.45) is 0. The van der Waals surface area contributed by atoms with E-state index in [1.54, 1.807) is 24.3 Å². The van der Waals surface area contributed by atoms with E-state index in [4.69, 9.17) is 5.11 Å². The molecule has 2 N–H and O–H groups in total. The third kappa shape index (κ3) is 4.48. The molecule has 0 aliphatic carbocycles. The van der Waals surface area contributed by atoms with Gasteiger partial charge in [0.2, 0.25) is 0 Å². The van der Waals surface area contributed by atoms with Crippen LogP contribution in [0.1, 0.15) is 47.8 Å². The molecule has 2 aromatic carbocycles. The van der Waals surface area contributed by atoms with Gasteiger partial charge in [0.05, 0.1) is 12.2 Å². The number of carbonyl (C=O) groups excluding carboxylic acids is 1. The van der Waals surface area contributed by atoms with Gasteiger partial charge in [-0.3, -0.25) is 9.69 Å². The van der Waals surface area contributed by atoms with Gasteiger partial charge in [-0.05, 0) is 36.7 Å². The Hall–Kier alpha value is -2.24. The Balaban J connectivity index is 2.55. The normalized spacial score (nSPS) is 11.8. The maximum atomic E-state index is 14.0. The van der Waals surface area contributed by atoms with Gasteiger partial charge in [-0.15, -0.1) is 0 Å². The quantitative estimate of drug-likeness (QED) is 0.775. The largest absolute Gasteiger partial charge is 0.507 e. The van der Waals surface area contributed by atoms with Crippen LogP contribution >= 0.6 is 0 Å². The number of benzene rings is 2. The highest BCUT2D eigenvalue weighted by molar-refractivity contribution is 6.09. The fourth-order valence-corrected chi connectivity index (χ4v) is 2.86. The molecule has 4 nitrogen and oxygen atoms in total. The Morgan fingerprint density at radius 2 is 1.85 bits per heavy atom. The summed E-state index contributed by atoms with van der Waals surface area (Å²) in [6, 6.07) is 9.12. The zero-order chi connectivity index (χ0) is 19.5. The Morgan fingerprint density at radius 1 is 1.19 bits per heavy atom. The smallest absolute Gasteiger partial charge is 0.195 e. The fraction of sp³-hybridized carbons (Fsp3) is 0.381. The number of hydrogen-bond donors (Lipinski definition) is 2. The molecule has 0 saturated carbocycles. The van der Waals surface area contributed by atoms with E-state index in [0.29, 0.717) is 29.8 Å². The van der Waals surface area contributed by atoms with Gasteiger partial charge in [0.1, 0.15) is 11.6 Å². The molecular weight excluding hydrogens is 333 g/mol.